The van der Waals surface area contributed by atoms with E-state index < -0.39 is 0 Å². The van der Waals surface area contributed by atoms with Gasteiger partial charge in [-0.1, -0.05) is 0 Å². The maximum absolute atomic E-state index is 3.25. The smallest absolute Gasteiger partial charge is 1.00 e. The van der Waals surface area contributed by atoms with Crippen molar-refractivity contribution in [3.8, 4) is 0 Å². The third kappa shape index (κ3) is 263. The molecule has 0 spiro atoms. The molecule has 0 heterocycles. The Bertz CT molecular complexity index is 25.8. The topological polar surface area (TPSA) is 0 Å². The minimum atomic E-state index is 0. The zero-order valence-corrected chi connectivity index (χ0v) is 19.6. The Kier molecular flexibility index (Phi) is 1850. The largest absolute Gasteiger partial charge is 2.00 e. The zero-order valence-electron chi connectivity index (χ0n) is 10.3. The fraction of sp³-hybridized carbons (Fsp3) is 0.500. The fourth-order valence-corrected chi connectivity index (χ4v) is 0. The van der Waals surface area contributed by atoms with E-state index in [1.165, 1.54) is 0 Å². The molecule has 0 aromatic heterocycles. The Morgan fingerprint density at radius 2 is 0.400 bits per heavy atom. The molecule has 0 aliphatic carbocycles. The molecule has 0 aliphatic rings. The van der Waals surface area contributed by atoms with Crippen molar-refractivity contribution in [2.24, 2.45) is 0 Å². The molecule has 0 unspecified atom stereocenters. The van der Waals surface area contributed by atoms with Crippen molar-refractivity contribution in [2.45, 2.75) is 27.7 Å². The number of hydrogen-bond acceptors (Lipinski definition) is 0. The summed E-state index contributed by atoms with van der Waals surface area (Å²) in [7, 11) is 0. The van der Waals surface area contributed by atoms with Crippen LogP contribution in [0.3, 0.4) is 0 Å². The SMILES string of the molecule is [Br-].[Br-].[CH2-]C.[CH2-]C.[CH2-]C.[CH2-]C.[Cu].[Cu].[Mg+2].[Mg+2].[Mg+2]. The minimum absolute atomic E-state index is 0. The molecule has 94 valence electrons. The van der Waals surface area contributed by atoms with Crippen molar-refractivity contribution >= 4 is 69.2 Å². The van der Waals surface area contributed by atoms with Crippen molar-refractivity contribution in [1.29, 1.82) is 0 Å². The first-order valence-electron chi connectivity index (χ1n) is 2.83. The Morgan fingerprint density at radius 1 is 0.400 bits per heavy atom. The van der Waals surface area contributed by atoms with E-state index in [1.807, 2.05) is 0 Å². The third-order valence-electron chi connectivity index (χ3n) is 0. The molecule has 0 aromatic rings. The summed E-state index contributed by atoms with van der Waals surface area (Å²) in [6.07, 6.45) is 0. The van der Waals surface area contributed by atoms with Crippen LogP contribution in [0.15, 0.2) is 0 Å². The summed E-state index contributed by atoms with van der Waals surface area (Å²) >= 11 is 0. The summed E-state index contributed by atoms with van der Waals surface area (Å²) in [6, 6.07) is 0. The van der Waals surface area contributed by atoms with Gasteiger partial charge in [0.1, 0.15) is 0 Å². The van der Waals surface area contributed by atoms with E-state index in [1.54, 1.807) is 27.7 Å². The Balaban J connectivity index is -0.00000000137. The molecule has 0 atom stereocenters. The van der Waals surface area contributed by atoms with Crippen LogP contribution in [-0.4, -0.2) is 69.2 Å². The first-order valence-corrected chi connectivity index (χ1v) is 2.83. The Hall–Kier alpha value is 4.30. The van der Waals surface area contributed by atoms with Gasteiger partial charge in [0.25, 0.3) is 0 Å². The van der Waals surface area contributed by atoms with E-state index in [0.29, 0.717) is 0 Å². The normalized spacial score (nSPS) is 1.60. The van der Waals surface area contributed by atoms with Crippen molar-refractivity contribution < 1.29 is 68.1 Å². The quantitative estimate of drug-likeness (QED) is 0.249. The molecule has 2 radical (unpaired) electrons. The molecule has 0 bridgehead atoms. The van der Waals surface area contributed by atoms with E-state index in [2.05, 4.69) is 27.7 Å². The molecule has 0 aliphatic heterocycles. The molecule has 0 aromatic carbocycles. The van der Waals surface area contributed by atoms with E-state index in [-0.39, 0.29) is 137 Å². The average molecular weight is 476 g/mol. The van der Waals surface area contributed by atoms with Crippen LogP contribution in [0.2, 0.25) is 0 Å². The van der Waals surface area contributed by atoms with E-state index in [9.17, 15) is 0 Å². The fourth-order valence-electron chi connectivity index (χ4n) is 0. The van der Waals surface area contributed by atoms with Crippen LogP contribution in [0.4, 0.5) is 0 Å². The summed E-state index contributed by atoms with van der Waals surface area (Å²) in [6.45, 7) is 20.0. The van der Waals surface area contributed by atoms with Crippen molar-refractivity contribution in [3.63, 3.8) is 0 Å². The van der Waals surface area contributed by atoms with Crippen LogP contribution in [0, 0.1) is 27.7 Å². The second kappa shape index (κ2) is 296. The van der Waals surface area contributed by atoms with Crippen LogP contribution in [-0.2, 0) is 34.1 Å². The van der Waals surface area contributed by atoms with Gasteiger partial charge in [-0.25, -0.2) is 0 Å². The summed E-state index contributed by atoms with van der Waals surface area (Å²) in [5.41, 5.74) is 0. The van der Waals surface area contributed by atoms with Gasteiger partial charge in [-0.15, -0.1) is 0 Å². The van der Waals surface area contributed by atoms with Gasteiger partial charge in [-0.05, 0) is 0 Å². The van der Waals surface area contributed by atoms with Crippen LogP contribution in [0.1, 0.15) is 27.7 Å². The molecule has 0 N–H and O–H groups in total. The van der Waals surface area contributed by atoms with Crippen molar-refractivity contribution in [3.05, 3.63) is 27.7 Å². The predicted molar refractivity (Wildman–Crippen MR) is 61.4 cm³/mol. The summed E-state index contributed by atoms with van der Waals surface area (Å²) in [4.78, 5) is 0. The van der Waals surface area contributed by atoms with Crippen molar-refractivity contribution in [2.75, 3.05) is 0 Å². The van der Waals surface area contributed by atoms with Gasteiger partial charge in [0.05, 0.1) is 0 Å². The summed E-state index contributed by atoms with van der Waals surface area (Å²) in [5.74, 6) is 0. The Labute approximate surface area is 189 Å². The van der Waals surface area contributed by atoms with Crippen LogP contribution >= 0.6 is 0 Å². The van der Waals surface area contributed by atoms with Crippen LogP contribution < -0.4 is 34.0 Å². The van der Waals surface area contributed by atoms with Gasteiger partial charge in [-0.2, -0.15) is 27.7 Å². The maximum Gasteiger partial charge on any atom is 2.00 e. The Morgan fingerprint density at radius 3 is 0.400 bits per heavy atom. The molecule has 0 nitrogen and oxygen atoms in total. The second-order valence-electron chi connectivity index (χ2n) is 0. The monoisotopic (exact) mass is 472 g/mol. The van der Waals surface area contributed by atoms with Gasteiger partial charge in [-0.3, -0.25) is 0 Å². The molecule has 0 saturated heterocycles. The van der Waals surface area contributed by atoms with Gasteiger partial charge < -0.3 is 61.7 Å². The first kappa shape index (κ1) is 93.8. The van der Waals surface area contributed by atoms with Gasteiger partial charge in [0, 0.05) is 34.1 Å². The summed E-state index contributed by atoms with van der Waals surface area (Å²) in [5, 5.41) is 0. The standard InChI is InChI=1S/4C2H5.2BrH.2Cu.3Mg/c4*1-2;;;;;;;/h4*1H2,2H3;2*1H;;;;;/q4*-1;;;;;3*+2/p-2. The zero-order chi connectivity index (χ0) is 8.00. The van der Waals surface area contributed by atoms with Crippen molar-refractivity contribution in [1.82, 2.24) is 0 Å². The summed E-state index contributed by atoms with van der Waals surface area (Å²) < 4.78 is 0. The van der Waals surface area contributed by atoms with Crippen LogP contribution in [0.25, 0.3) is 0 Å². The number of halogens is 2. The van der Waals surface area contributed by atoms with E-state index >= 15 is 0 Å². The third-order valence-corrected chi connectivity index (χ3v) is 0. The van der Waals surface area contributed by atoms with E-state index in [4.69, 9.17) is 0 Å². The molecular weight excluding hydrogens is 456 g/mol. The van der Waals surface area contributed by atoms with E-state index in [0.717, 1.165) is 0 Å². The first-order chi connectivity index (χ1) is 4.00. The number of rotatable bonds is 0. The van der Waals surface area contributed by atoms with Gasteiger partial charge >= 0.3 is 69.2 Å². The maximum atomic E-state index is 3.25. The minimum Gasteiger partial charge on any atom is -1.00 e. The molecule has 0 rings (SSSR count). The molecule has 0 amide bonds. The van der Waals surface area contributed by atoms with Crippen LogP contribution in [0.5, 0.6) is 0 Å². The molecule has 0 fully saturated rings. The number of hydrogen-bond donors (Lipinski definition) is 0. The molecular formula is C8H20Br2Cu2Mg3. The average Bonchev–Trinajstić information content (AvgIpc) is 2.03. The molecule has 0 saturated carbocycles. The van der Waals surface area contributed by atoms with Gasteiger partial charge in [0.15, 0.2) is 0 Å². The predicted octanol–water partition coefficient (Wildman–Crippen LogP) is -3.78. The van der Waals surface area contributed by atoms with Gasteiger partial charge in [0.2, 0.25) is 0 Å². The second-order valence-corrected chi connectivity index (χ2v) is 0. The molecule has 7 heteroatoms. The molecule has 15 heavy (non-hydrogen) atoms.